The second-order valence-electron chi connectivity index (χ2n) is 9.82. The number of benzene rings is 3. The van der Waals surface area contributed by atoms with Crippen molar-refractivity contribution in [1.29, 1.82) is 0 Å². The summed E-state index contributed by atoms with van der Waals surface area (Å²) in [4.78, 5) is 14.9. The molecule has 0 saturated heterocycles. The van der Waals surface area contributed by atoms with Crippen LogP contribution in [0.5, 0.6) is 17.2 Å². The number of para-hydroxylation sites is 1. The molecule has 3 aromatic rings. The van der Waals surface area contributed by atoms with Gasteiger partial charge in [-0.25, -0.2) is 9.28 Å². The summed E-state index contributed by atoms with van der Waals surface area (Å²) in [5.41, 5.74) is 4.71. The number of ether oxygens (including phenoxy) is 3. The molecule has 3 aliphatic heterocycles. The van der Waals surface area contributed by atoms with Crippen LogP contribution in [0.2, 0.25) is 0 Å². The Hall–Kier alpha value is -3.31. The van der Waals surface area contributed by atoms with Crippen molar-refractivity contribution < 1.29 is 19.0 Å². The van der Waals surface area contributed by atoms with Gasteiger partial charge in [0, 0.05) is 35.6 Å². The molecule has 2 atom stereocenters. The number of carbonyl (C=O) groups is 1. The maximum absolute atomic E-state index is 14.9. The van der Waals surface area contributed by atoms with Crippen LogP contribution in [0, 0.1) is 6.92 Å². The lowest BCUT2D eigenvalue weighted by atomic mass is 9.76. The number of hydrogen-bond donors (Lipinski definition) is 0. The Morgan fingerprint density at radius 3 is 2.42 bits per heavy atom. The van der Waals surface area contributed by atoms with E-state index in [0.29, 0.717) is 29.1 Å². The first-order chi connectivity index (χ1) is 16.1. The molecule has 4 aliphatic rings. The van der Waals surface area contributed by atoms with Crippen LogP contribution in [-0.2, 0) is 16.8 Å². The Morgan fingerprint density at radius 2 is 1.67 bits per heavy atom. The zero-order valence-electron chi connectivity index (χ0n) is 18.7. The highest BCUT2D eigenvalue weighted by Gasteiger charge is 2.69. The summed E-state index contributed by atoms with van der Waals surface area (Å²) in [6.07, 6.45) is 3.31. The van der Waals surface area contributed by atoms with E-state index in [1.165, 1.54) is 17.5 Å². The predicted octanol–water partition coefficient (Wildman–Crippen LogP) is 5.00. The van der Waals surface area contributed by atoms with Gasteiger partial charge in [0.2, 0.25) is 6.79 Å². The highest BCUT2D eigenvalue weighted by atomic mass is 16.7. The molecule has 5 nitrogen and oxygen atoms in total. The Balaban J connectivity index is 1.46. The van der Waals surface area contributed by atoms with Crippen LogP contribution in [0.15, 0.2) is 60.7 Å². The van der Waals surface area contributed by atoms with Gasteiger partial charge >= 0.3 is 5.91 Å². The van der Waals surface area contributed by atoms with E-state index in [-0.39, 0.29) is 18.7 Å². The van der Waals surface area contributed by atoms with Gasteiger partial charge in [0.25, 0.3) is 0 Å². The summed E-state index contributed by atoms with van der Waals surface area (Å²) in [5.74, 6) is 2.33. The van der Waals surface area contributed by atoms with Gasteiger partial charge in [-0.05, 0) is 25.5 Å². The van der Waals surface area contributed by atoms with Crippen molar-refractivity contribution in [1.82, 2.24) is 4.48 Å². The van der Waals surface area contributed by atoms with Crippen LogP contribution in [0.25, 0.3) is 0 Å². The number of aryl methyl sites for hydroxylation is 1. The maximum Gasteiger partial charge on any atom is 0.338 e. The highest BCUT2D eigenvalue weighted by Crippen LogP contribution is 2.59. The molecule has 0 bridgehead atoms. The molecule has 1 saturated carbocycles. The molecule has 166 valence electrons. The minimum absolute atomic E-state index is 0.200. The molecule has 33 heavy (non-hydrogen) atoms. The number of hydrogen-bond acceptors (Lipinski definition) is 4. The molecule has 1 spiro atoms. The van der Waals surface area contributed by atoms with E-state index in [2.05, 4.69) is 49.4 Å². The third-order valence-corrected chi connectivity index (χ3v) is 8.15. The fraction of sp³-hybridized carbons (Fsp3) is 0.321. The largest absolute Gasteiger partial charge is 0.491 e. The van der Waals surface area contributed by atoms with Crippen molar-refractivity contribution in [2.75, 3.05) is 13.4 Å². The van der Waals surface area contributed by atoms with Crippen molar-refractivity contribution in [2.24, 2.45) is 0 Å². The van der Waals surface area contributed by atoms with Gasteiger partial charge in [-0.2, -0.15) is 0 Å². The summed E-state index contributed by atoms with van der Waals surface area (Å²) in [7, 11) is 0. The van der Waals surface area contributed by atoms with Crippen LogP contribution in [0.3, 0.4) is 0 Å². The van der Waals surface area contributed by atoms with Gasteiger partial charge < -0.3 is 14.2 Å². The molecule has 7 rings (SSSR count). The van der Waals surface area contributed by atoms with Crippen molar-refractivity contribution in [3.63, 3.8) is 0 Å². The van der Waals surface area contributed by atoms with Crippen molar-refractivity contribution in [3.05, 3.63) is 82.9 Å². The van der Waals surface area contributed by atoms with Crippen LogP contribution < -0.4 is 18.7 Å². The SMILES string of the molecule is Cc1ccc(C[N+]2(C3CCC3)C(=O)C3(COc4cc5c(cc43)OCO5)c3ccccc32)cc1. The summed E-state index contributed by atoms with van der Waals surface area (Å²) in [5, 5.41) is 0. The van der Waals surface area contributed by atoms with E-state index >= 15 is 0 Å². The Labute approximate surface area is 193 Å². The average Bonchev–Trinajstić information content (AvgIpc) is 3.45. The van der Waals surface area contributed by atoms with E-state index in [9.17, 15) is 4.79 Å². The summed E-state index contributed by atoms with van der Waals surface area (Å²) >= 11 is 0. The number of fused-ring (bicyclic) bond motifs is 5. The van der Waals surface area contributed by atoms with E-state index in [1.54, 1.807) is 0 Å². The molecule has 1 aliphatic carbocycles. The van der Waals surface area contributed by atoms with Crippen LogP contribution in [0.4, 0.5) is 5.69 Å². The average molecular weight is 441 g/mol. The Kier molecular flexibility index (Phi) is 3.84. The third-order valence-electron chi connectivity index (χ3n) is 8.15. The number of quaternary nitrogens is 1. The lowest BCUT2D eigenvalue weighted by Crippen LogP contribution is -2.64. The van der Waals surface area contributed by atoms with E-state index in [1.807, 2.05) is 18.2 Å². The van der Waals surface area contributed by atoms with Gasteiger partial charge in [0.15, 0.2) is 16.9 Å². The lowest BCUT2D eigenvalue weighted by molar-refractivity contribution is -0.137. The molecule has 3 aromatic carbocycles. The summed E-state index contributed by atoms with van der Waals surface area (Å²) in [6, 6.07) is 21.2. The van der Waals surface area contributed by atoms with Gasteiger partial charge in [-0.15, -0.1) is 0 Å². The van der Waals surface area contributed by atoms with Gasteiger partial charge in [-0.3, -0.25) is 0 Å². The first-order valence-corrected chi connectivity index (χ1v) is 11.8. The first kappa shape index (κ1) is 19.2. The number of rotatable bonds is 3. The number of nitrogens with zero attached hydrogens (tertiary/aromatic N) is 1. The normalized spacial score (nSPS) is 26.8. The van der Waals surface area contributed by atoms with Gasteiger partial charge in [0.05, 0.1) is 0 Å². The minimum Gasteiger partial charge on any atom is -0.491 e. The molecular weight excluding hydrogens is 414 g/mol. The van der Waals surface area contributed by atoms with E-state index in [4.69, 9.17) is 14.2 Å². The Morgan fingerprint density at radius 1 is 0.909 bits per heavy atom. The summed E-state index contributed by atoms with van der Waals surface area (Å²) < 4.78 is 17.9. The zero-order valence-corrected chi connectivity index (χ0v) is 18.7. The fourth-order valence-corrected chi connectivity index (χ4v) is 6.24. The molecule has 3 heterocycles. The van der Waals surface area contributed by atoms with Crippen molar-refractivity contribution in [2.45, 2.75) is 44.2 Å². The van der Waals surface area contributed by atoms with Crippen molar-refractivity contribution in [3.8, 4) is 17.2 Å². The highest BCUT2D eigenvalue weighted by molar-refractivity contribution is 6.08. The third kappa shape index (κ3) is 2.38. The second kappa shape index (κ2) is 6.61. The second-order valence-corrected chi connectivity index (χ2v) is 9.82. The predicted molar refractivity (Wildman–Crippen MR) is 125 cm³/mol. The monoisotopic (exact) mass is 440 g/mol. The molecule has 1 amide bonds. The number of amides is 1. The molecule has 0 radical (unpaired) electrons. The van der Waals surface area contributed by atoms with Gasteiger partial charge in [-0.1, -0.05) is 48.0 Å². The molecule has 1 fully saturated rings. The topological polar surface area (TPSA) is 44.8 Å². The quantitative estimate of drug-likeness (QED) is 0.538. The first-order valence-electron chi connectivity index (χ1n) is 11.8. The van der Waals surface area contributed by atoms with Crippen LogP contribution >= 0.6 is 0 Å². The fourth-order valence-electron chi connectivity index (χ4n) is 6.24. The van der Waals surface area contributed by atoms with E-state index < -0.39 is 5.41 Å². The van der Waals surface area contributed by atoms with Gasteiger partial charge in [0.1, 0.15) is 30.6 Å². The lowest BCUT2D eigenvalue weighted by Gasteiger charge is -2.44. The zero-order chi connectivity index (χ0) is 22.2. The molecule has 0 aromatic heterocycles. The molecule has 5 heteroatoms. The van der Waals surface area contributed by atoms with Crippen LogP contribution in [-0.4, -0.2) is 25.3 Å². The minimum atomic E-state index is -0.826. The molecule has 2 unspecified atom stereocenters. The standard InChI is InChI=1S/C28H26NO4/c1-18-9-11-19(12-10-18)15-29(20-5-4-6-20)23-8-3-2-7-21(23)28(27(29)30)16-31-24-14-26-25(13-22(24)28)32-17-33-26/h2-3,7-14,20H,4-6,15-17H2,1H3/q+1. The Bertz CT molecular complexity index is 1300. The van der Waals surface area contributed by atoms with Crippen LogP contribution in [0.1, 0.15) is 41.5 Å². The summed E-state index contributed by atoms with van der Waals surface area (Å²) in [6.45, 7) is 3.29. The van der Waals surface area contributed by atoms with E-state index in [0.717, 1.165) is 35.4 Å². The van der Waals surface area contributed by atoms with Crippen molar-refractivity contribution >= 4 is 11.6 Å². The maximum atomic E-state index is 14.9. The molecule has 0 N–H and O–H groups in total. The number of carbonyl (C=O) groups excluding carboxylic acids is 1. The molecular formula is C28H26NO4+. The smallest absolute Gasteiger partial charge is 0.338 e.